The number of aliphatic imine (C=N–C) groups is 1. The summed E-state index contributed by atoms with van der Waals surface area (Å²) < 4.78 is 5.42. The standard InChI is InChI=1S/C22H18N6O/c23-22-25-9-8-21(27-17-10-15-4-1-2-7-19(15)26-12-17)28(22)18-6-3-5-16(11-18)20-13-24-14-29-20/h1-14,21,27H,(H2,23,25). The molecule has 2 aromatic carbocycles. The van der Waals surface area contributed by atoms with Gasteiger partial charge in [0.1, 0.15) is 6.17 Å². The fourth-order valence-corrected chi connectivity index (χ4v) is 3.39. The SMILES string of the molecule is NC1=NC=CC(Nc2cnc3ccccc3c2)N1c1cccc(-c2cnco2)c1. The van der Waals surface area contributed by atoms with E-state index in [2.05, 4.69) is 26.3 Å². The number of guanidine groups is 1. The van der Waals surface area contributed by atoms with Crippen molar-refractivity contribution in [2.75, 3.05) is 10.2 Å². The molecule has 0 aliphatic carbocycles. The summed E-state index contributed by atoms with van der Waals surface area (Å²) in [5.41, 5.74) is 9.89. The van der Waals surface area contributed by atoms with Gasteiger partial charge in [-0.15, -0.1) is 0 Å². The second-order valence-corrected chi connectivity index (χ2v) is 6.62. The van der Waals surface area contributed by atoms with Crippen molar-refractivity contribution in [2.45, 2.75) is 6.17 Å². The Labute approximate surface area is 167 Å². The van der Waals surface area contributed by atoms with Gasteiger partial charge in [0.15, 0.2) is 12.2 Å². The Morgan fingerprint density at radius 2 is 1.97 bits per heavy atom. The van der Waals surface area contributed by atoms with Crippen molar-refractivity contribution in [1.82, 2.24) is 9.97 Å². The molecule has 0 saturated heterocycles. The fourth-order valence-electron chi connectivity index (χ4n) is 3.39. The van der Waals surface area contributed by atoms with E-state index in [0.29, 0.717) is 11.7 Å². The van der Waals surface area contributed by atoms with Crippen molar-refractivity contribution in [3.63, 3.8) is 0 Å². The van der Waals surface area contributed by atoms with Gasteiger partial charge in [-0.1, -0.05) is 30.3 Å². The Bertz CT molecular complexity index is 1210. The molecule has 29 heavy (non-hydrogen) atoms. The number of rotatable bonds is 4. The number of hydrogen-bond acceptors (Lipinski definition) is 7. The molecule has 0 fully saturated rings. The lowest BCUT2D eigenvalue weighted by molar-refractivity contribution is 0.572. The molecule has 0 spiro atoms. The van der Waals surface area contributed by atoms with Crippen molar-refractivity contribution in [2.24, 2.45) is 10.7 Å². The molecule has 0 saturated carbocycles. The maximum absolute atomic E-state index is 6.25. The summed E-state index contributed by atoms with van der Waals surface area (Å²) in [6.45, 7) is 0. The molecule has 7 nitrogen and oxygen atoms in total. The molecule has 3 N–H and O–H groups in total. The van der Waals surface area contributed by atoms with Gasteiger partial charge in [-0.2, -0.15) is 0 Å². The Hall–Kier alpha value is -4.13. The van der Waals surface area contributed by atoms with E-state index in [1.165, 1.54) is 6.39 Å². The number of nitrogens with one attached hydrogen (secondary N) is 1. The van der Waals surface area contributed by atoms with Gasteiger partial charge in [0.05, 0.1) is 23.6 Å². The third-order valence-corrected chi connectivity index (χ3v) is 4.75. The van der Waals surface area contributed by atoms with Crippen LogP contribution in [-0.4, -0.2) is 22.1 Å². The molecular weight excluding hydrogens is 364 g/mol. The maximum Gasteiger partial charge on any atom is 0.202 e. The van der Waals surface area contributed by atoms with Gasteiger partial charge in [0, 0.05) is 22.8 Å². The molecular formula is C22H18N6O. The number of benzene rings is 2. The minimum absolute atomic E-state index is 0.222. The second kappa shape index (κ2) is 7.12. The van der Waals surface area contributed by atoms with E-state index in [9.17, 15) is 0 Å². The van der Waals surface area contributed by atoms with E-state index in [1.807, 2.05) is 65.7 Å². The molecule has 0 amide bonds. The van der Waals surface area contributed by atoms with Gasteiger partial charge < -0.3 is 15.5 Å². The summed E-state index contributed by atoms with van der Waals surface area (Å²) in [4.78, 5) is 14.7. The number of pyridine rings is 1. The molecule has 1 aliphatic rings. The lowest BCUT2D eigenvalue weighted by atomic mass is 10.1. The fraction of sp³-hybridized carbons (Fsp3) is 0.0455. The van der Waals surface area contributed by atoms with Crippen molar-refractivity contribution in [3.8, 4) is 11.3 Å². The summed E-state index contributed by atoms with van der Waals surface area (Å²) >= 11 is 0. The number of oxazole rings is 1. The van der Waals surface area contributed by atoms with Crippen molar-refractivity contribution >= 4 is 28.2 Å². The van der Waals surface area contributed by atoms with Crippen LogP contribution in [0.5, 0.6) is 0 Å². The van der Waals surface area contributed by atoms with Crippen LogP contribution in [0.1, 0.15) is 0 Å². The van der Waals surface area contributed by atoms with E-state index in [4.69, 9.17) is 10.2 Å². The summed E-state index contributed by atoms with van der Waals surface area (Å²) in [6, 6.07) is 18.0. The smallest absolute Gasteiger partial charge is 0.202 e. The van der Waals surface area contributed by atoms with Crippen LogP contribution < -0.4 is 16.0 Å². The normalized spacial score (nSPS) is 16.1. The Kier molecular flexibility index (Phi) is 4.18. The van der Waals surface area contributed by atoms with Crippen LogP contribution in [0.4, 0.5) is 11.4 Å². The highest BCUT2D eigenvalue weighted by atomic mass is 16.3. The van der Waals surface area contributed by atoms with Gasteiger partial charge >= 0.3 is 0 Å². The predicted octanol–water partition coefficient (Wildman–Crippen LogP) is 3.98. The topological polar surface area (TPSA) is 92.6 Å². The van der Waals surface area contributed by atoms with Crippen LogP contribution in [0.25, 0.3) is 22.2 Å². The number of hydrogen-bond donors (Lipinski definition) is 2. The third kappa shape index (κ3) is 3.29. The zero-order valence-corrected chi connectivity index (χ0v) is 15.4. The number of nitrogens with two attached hydrogens (primary N) is 1. The van der Waals surface area contributed by atoms with E-state index < -0.39 is 0 Å². The minimum Gasteiger partial charge on any atom is -0.444 e. The zero-order valence-electron chi connectivity index (χ0n) is 15.4. The number of nitrogens with zero attached hydrogens (tertiary/aromatic N) is 4. The Balaban J connectivity index is 1.48. The Morgan fingerprint density at radius 3 is 2.86 bits per heavy atom. The average Bonchev–Trinajstić information content (AvgIpc) is 3.29. The molecule has 4 aromatic rings. The van der Waals surface area contributed by atoms with Gasteiger partial charge in [0.2, 0.25) is 5.96 Å². The van der Waals surface area contributed by atoms with Crippen LogP contribution >= 0.6 is 0 Å². The molecule has 1 atom stereocenters. The van der Waals surface area contributed by atoms with Crippen molar-refractivity contribution < 1.29 is 4.42 Å². The van der Waals surface area contributed by atoms with E-state index in [1.54, 1.807) is 12.4 Å². The van der Waals surface area contributed by atoms with Crippen LogP contribution in [0.3, 0.4) is 0 Å². The quantitative estimate of drug-likeness (QED) is 0.555. The lowest BCUT2D eigenvalue weighted by Crippen LogP contribution is -2.49. The highest BCUT2D eigenvalue weighted by Gasteiger charge is 2.23. The minimum atomic E-state index is -0.222. The first kappa shape index (κ1) is 17.0. The molecule has 0 radical (unpaired) electrons. The summed E-state index contributed by atoms with van der Waals surface area (Å²) in [7, 11) is 0. The van der Waals surface area contributed by atoms with Crippen LogP contribution in [0.15, 0.2) is 95.1 Å². The van der Waals surface area contributed by atoms with Gasteiger partial charge in [-0.25, -0.2) is 9.98 Å². The van der Waals surface area contributed by atoms with Crippen LogP contribution in [0, 0.1) is 0 Å². The first-order valence-corrected chi connectivity index (χ1v) is 9.17. The van der Waals surface area contributed by atoms with Gasteiger partial charge in [-0.3, -0.25) is 9.88 Å². The highest BCUT2D eigenvalue weighted by Crippen LogP contribution is 2.27. The largest absolute Gasteiger partial charge is 0.444 e. The first-order chi connectivity index (χ1) is 14.3. The zero-order chi connectivity index (χ0) is 19.6. The lowest BCUT2D eigenvalue weighted by Gasteiger charge is -2.33. The predicted molar refractivity (Wildman–Crippen MR) is 114 cm³/mol. The maximum atomic E-state index is 6.25. The van der Waals surface area contributed by atoms with Crippen molar-refractivity contribution in [1.29, 1.82) is 0 Å². The summed E-state index contributed by atoms with van der Waals surface area (Å²) in [6.07, 6.45) is 8.36. The number of anilines is 2. The molecule has 0 bridgehead atoms. The number of aromatic nitrogens is 2. The van der Waals surface area contributed by atoms with Gasteiger partial charge in [0.25, 0.3) is 0 Å². The summed E-state index contributed by atoms with van der Waals surface area (Å²) in [5.74, 6) is 1.09. The van der Waals surface area contributed by atoms with Crippen LogP contribution in [-0.2, 0) is 0 Å². The van der Waals surface area contributed by atoms with E-state index in [-0.39, 0.29) is 6.17 Å². The van der Waals surface area contributed by atoms with E-state index >= 15 is 0 Å². The molecule has 5 rings (SSSR count). The number of para-hydroxylation sites is 1. The second-order valence-electron chi connectivity index (χ2n) is 6.62. The average molecular weight is 382 g/mol. The molecule has 1 aliphatic heterocycles. The molecule has 142 valence electrons. The van der Waals surface area contributed by atoms with E-state index in [0.717, 1.165) is 27.8 Å². The first-order valence-electron chi connectivity index (χ1n) is 9.17. The summed E-state index contributed by atoms with van der Waals surface area (Å²) in [5, 5.41) is 4.55. The van der Waals surface area contributed by atoms with Crippen LogP contribution in [0.2, 0.25) is 0 Å². The van der Waals surface area contributed by atoms with Gasteiger partial charge in [-0.05, 0) is 30.3 Å². The molecule has 7 heteroatoms. The molecule has 3 heterocycles. The highest BCUT2D eigenvalue weighted by molar-refractivity contribution is 5.98. The monoisotopic (exact) mass is 382 g/mol. The molecule has 2 aromatic heterocycles. The molecule has 1 unspecified atom stereocenters. The third-order valence-electron chi connectivity index (χ3n) is 4.75. The Morgan fingerprint density at radius 1 is 1.03 bits per heavy atom. The van der Waals surface area contributed by atoms with Crippen molar-refractivity contribution in [3.05, 3.63) is 85.7 Å². The number of fused-ring (bicyclic) bond motifs is 1.